The molecule has 0 spiro atoms. The molecule has 2 heterocycles. The average Bonchev–Trinajstić information content (AvgIpc) is 2.68. The van der Waals surface area contributed by atoms with Crippen molar-refractivity contribution in [2.75, 3.05) is 7.11 Å². The molecule has 0 amide bonds. The van der Waals surface area contributed by atoms with Crippen molar-refractivity contribution in [3.8, 4) is 0 Å². The molecular weight excluding hydrogens is 182 g/mol. The van der Waals surface area contributed by atoms with Crippen LogP contribution in [-0.4, -0.2) is 23.6 Å². The van der Waals surface area contributed by atoms with Gasteiger partial charge in [-0.2, -0.15) is 0 Å². The van der Waals surface area contributed by atoms with E-state index in [2.05, 4.69) is 4.74 Å². The first-order valence-corrected chi connectivity index (χ1v) is 4.18. The second-order valence-electron chi connectivity index (χ2n) is 3.07. The van der Waals surface area contributed by atoms with Gasteiger partial charge >= 0.3 is 5.97 Å². The van der Waals surface area contributed by atoms with E-state index in [-0.39, 0.29) is 5.91 Å². The summed E-state index contributed by atoms with van der Waals surface area (Å²) in [6.45, 7) is 1.72. The molecule has 0 unspecified atom stereocenters. The van der Waals surface area contributed by atoms with Gasteiger partial charge in [0.25, 0.3) is 5.91 Å². The number of fused-ring (bicyclic) bond motifs is 1. The van der Waals surface area contributed by atoms with Crippen molar-refractivity contribution < 1.29 is 14.3 Å². The fraction of sp³-hybridized carbons (Fsp3) is 0.200. The Morgan fingerprint density at radius 3 is 2.71 bits per heavy atom. The first-order valence-electron chi connectivity index (χ1n) is 4.18. The Morgan fingerprint density at radius 2 is 2.14 bits per heavy atom. The van der Waals surface area contributed by atoms with Crippen LogP contribution in [0, 0.1) is 6.92 Å². The summed E-state index contributed by atoms with van der Waals surface area (Å²) in [5, 5.41) is 0. The molecule has 14 heavy (non-hydrogen) atoms. The topological polar surface area (TPSA) is 48.3 Å². The van der Waals surface area contributed by atoms with Crippen LogP contribution in [0.15, 0.2) is 12.1 Å². The van der Waals surface area contributed by atoms with Crippen LogP contribution in [0.3, 0.4) is 0 Å². The standard InChI is InChI=1S/C10H9NO3/c1-6-8(10(13)14-2)5-7-3-4-9(12)11(6)7/h3-5H,1-2H3. The summed E-state index contributed by atoms with van der Waals surface area (Å²) in [5.74, 6) is -0.529. The molecule has 4 heteroatoms. The number of allylic oxidation sites excluding steroid dienone is 1. The lowest BCUT2D eigenvalue weighted by Gasteiger charge is -2.00. The fourth-order valence-electron chi connectivity index (χ4n) is 1.59. The molecule has 1 aromatic heterocycles. The van der Waals surface area contributed by atoms with Gasteiger partial charge in [0, 0.05) is 11.8 Å². The Balaban J connectivity index is 2.57. The highest BCUT2D eigenvalue weighted by molar-refractivity contribution is 6.03. The summed E-state index contributed by atoms with van der Waals surface area (Å²) in [7, 11) is 1.32. The van der Waals surface area contributed by atoms with E-state index in [0.717, 1.165) is 5.69 Å². The lowest BCUT2D eigenvalue weighted by molar-refractivity contribution is 0.0600. The van der Waals surface area contributed by atoms with Gasteiger partial charge < -0.3 is 4.74 Å². The summed E-state index contributed by atoms with van der Waals surface area (Å²) >= 11 is 0. The monoisotopic (exact) mass is 191 g/mol. The molecule has 0 fully saturated rings. The molecular formula is C10H9NO3. The quantitative estimate of drug-likeness (QED) is 0.627. The van der Waals surface area contributed by atoms with Crippen molar-refractivity contribution in [3.05, 3.63) is 29.1 Å². The zero-order valence-electron chi connectivity index (χ0n) is 7.90. The van der Waals surface area contributed by atoms with Crippen LogP contribution in [0.2, 0.25) is 0 Å². The molecule has 0 aromatic carbocycles. The van der Waals surface area contributed by atoms with Crippen molar-refractivity contribution in [1.82, 2.24) is 4.57 Å². The van der Waals surface area contributed by atoms with E-state index < -0.39 is 5.97 Å². The maximum Gasteiger partial charge on any atom is 0.339 e. The van der Waals surface area contributed by atoms with Crippen molar-refractivity contribution in [1.29, 1.82) is 0 Å². The van der Waals surface area contributed by atoms with Crippen LogP contribution < -0.4 is 0 Å². The van der Waals surface area contributed by atoms with E-state index in [4.69, 9.17) is 0 Å². The average molecular weight is 191 g/mol. The van der Waals surface area contributed by atoms with Crippen molar-refractivity contribution in [3.63, 3.8) is 0 Å². The normalized spacial score (nSPS) is 13.1. The molecule has 72 valence electrons. The highest BCUT2D eigenvalue weighted by Crippen LogP contribution is 2.21. The predicted molar refractivity (Wildman–Crippen MR) is 50.2 cm³/mol. The number of methoxy groups -OCH3 is 1. The summed E-state index contributed by atoms with van der Waals surface area (Å²) in [5.41, 5.74) is 1.80. The molecule has 1 aliphatic heterocycles. The second-order valence-corrected chi connectivity index (χ2v) is 3.07. The number of nitrogens with zero attached hydrogens (tertiary/aromatic N) is 1. The van der Waals surface area contributed by atoms with Gasteiger partial charge in [-0.1, -0.05) is 0 Å². The number of ether oxygens (including phenoxy) is 1. The number of carbonyl (C=O) groups is 2. The molecule has 0 saturated heterocycles. The molecule has 1 aromatic rings. The SMILES string of the molecule is COC(=O)c1cc2n(c1C)C(=O)C=C2. The fourth-order valence-corrected chi connectivity index (χ4v) is 1.59. The van der Waals surface area contributed by atoms with Gasteiger partial charge in [-0.3, -0.25) is 9.36 Å². The van der Waals surface area contributed by atoms with Crippen molar-refractivity contribution >= 4 is 18.0 Å². The summed E-state index contributed by atoms with van der Waals surface area (Å²) in [6, 6.07) is 1.66. The van der Waals surface area contributed by atoms with Crippen LogP contribution in [0.4, 0.5) is 0 Å². The van der Waals surface area contributed by atoms with Gasteiger partial charge in [-0.25, -0.2) is 4.79 Å². The molecule has 0 aliphatic carbocycles. The van der Waals surface area contributed by atoms with E-state index in [1.165, 1.54) is 17.8 Å². The van der Waals surface area contributed by atoms with E-state index in [9.17, 15) is 9.59 Å². The second kappa shape index (κ2) is 2.83. The minimum Gasteiger partial charge on any atom is -0.465 e. The number of hydrogen-bond donors (Lipinski definition) is 0. The van der Waals surface area contributed by atoms with Gasteiger partial charge in [-0.15, -0.1) is 0 Å². The maximum absolute atomic E-state index is 11.3. The molecule has 0 saturated carbocycles. The minimum absolute atomic E-state index is 0.118. The van der Waals surface area contributed by atoms with Gasteiger partial charge in [0.2, 0.25) is 0 Å². The predicted octanol–water partition coefficient (Wildman–Crippen LogP) is 1.25. The third kappa shape index (κ3) is 1.00. The zero-order valence-corrected chi connectivity index (χ0v) is 7.90. The Kier molecular flexibility index (Phi) is 1.77. The summed E-state index contributed by atoms with van der Waals surface area (Å²) < 4.78 is 6.09. The highest BCUT2D eigenvalue weighted by atomic mass is 16.5. The van der Waals surface area contributed by atoms with Gasteiger partial charge in [0.05, 0.1) is 18.4 Å². The van der Waals surface area contributed by atoms with Crippen LogP contribution in [0.1, 0.15) is 26.5 Å². The first kappa shape index (κ1) is 8.74. The lowest BCUT2D eigenvalue weighted by Crippen LogP contribution is -2.09. The highest BCUT2D eigenvalue weighted by Gasteiger charge is 2.22. The number of carbonyl (C=O) groups excluding carboxylic acids is 2. The Bertz CT molecular complexity index is 454. The van der Waals surface area contributed by atoms with Crippen LogP contribution in [0.25, 0.3) is 6.08 Å². The number of esters is 1. The van der Waals surface area contributed by atoms with E-state index in [0.29, 0.717) is 11.3 Å². The zero-order chi connectivity index (χ0) is 10.3. The molecule has 0 atom stereocenters. The van der Waals surface area contributed by atoms with E-state index in [1.807, 2.05) is 0 Å². The molecule has 0 N–H and O–H groups in total. The van der Waals surface area contributed by atoms with Crippen LogP contribution in [-0.2, 0) is 4.74 Å². The van der Waals surface area contributed by atoms with Crippen LogP contribution in [0.5, 0.6) is 0 Å². The number of hydrogen-bond acceptors (Lipinski definition) is 3. The number of rotatable bonds is 1. The molecule has 0 radical (unpaired) electrons. The molecule has 0 bridgehead atoms. The maximum atomic E-state index is 11.3. The van der Waals surface area contributed by atoms with E-state index in [1.54, 1.807) is 19.1 Å². The summed E-state index contributed by atoms with van der Waals surface area (Å²) in [4.78, 5) is 22.6. The Labute approximate surface area is 80.8 Å². The Hall–Kier alpha value is -1.84. The third-order valence-electron chi connectivity index (χ3n) is 2.30. The van der Waals surface area contributed by atoms with Crippen molar-refractivity contribution in [2.24, 2.45) is 0 Å². The summed E-state index contributed by atoms with van der Waals surface area (Å²) in [6.07, 6.45) is 3.16. The largest absolute Gasteiger partial charge is 0.465 e. The van der Waals surface area contributed by atoms with Crippen molar-refractivity contribution in [2.45, 2.75) is 6.92 Å². The van der Waals surface area contributed by atoms with E-state index >= 15 is 0 Å². The van der Waals surface area contributed by atoms with Gasteiger partial charge in [0.15, 0.2) is 0 Å². The smallest absolute Gasteiger partial charge is 0.339 e. The van der Waals surface area contributed by atoms with Gasteiger partial charge in [0.1, 0.15) is 0 Å². The van der Waals surface area contributed by atoms with Gasteiger partial charge in [-0.05, 0) is 19.1 Å². The number of aromatic nitrogens is 1. The third-order valence-corrected chi connectivity index (χ3v) is 2.30. The van der Waals surface area contributed by atoms with Crippen LogP contribution >= 0.6 is 0 Å². The Morgan fingerprint density at radius 1 is 1.43 bits per heavy atom. The first-order chi connectivity index (χ1) is 6.65. The molecule has 2 rings (SSSR count). The lowest BCUT2D eigenvalue weighted by atomic mass is 10.2. The molecule has 4 nitrogen and oxygen atoms in total. The molecule has 1 aliphatic rings. The minimum atomic E-state index is -0.411.